The van der Waals surface area contributed by atoms with Crippen LogP contribution in [0.5, 0.6) is 5.75 Å². The van der Waals surface area contributed by atoms with E-state index in [2.05, 4.69) is 10.2 Å². The molecule has 0 bridgehead atoms. The van der Waals surface area contributed by atoms with Crippen LogP contribution in [-0.2, 0) is 9.53 Å². The summed E-state index contributed by atoms with van der Waals surface area (Å²) in [6, 6.07) is 19.1. The number of hydrogen-bond acceptors (Lipinski definition) is 7. The lowest BCUT2D eigenvalue weighted by atomic mass is 9.84. The molecule has 35 heavy (non-hydrogen) atoms. The van der Waals surface area contributed by atoms with Crippen LogP contribution in [0.15, 0.2) is 77.0 Å². The number of ketones is 2. The zero-order chi connectivity index (χ0) is 24.6. The third kappa shape index (κ3) is 6.06. The number of nitrogens with zero attached hydrogens (tertiary/aromatic N) is 2. The van der Waals surface area contributed by atoms with E-state index in [0.717, 1.165) is 31.4 Å². The van der Waals surface area contributed by atoms with Gasteiger partial charge in [-0.15, -0.1) is 0 Å². The van der Waals surface area contributed by atoms with Gasteiger partial charge in [0.25, 0.3) is 0 Å². The Morgan fingerprint density at radius 2 is 1.26 bits per heavy atom. The van der Waals surface area contributed by atoms with Crippen LogP contribution in [0.4, 0.5) is 11.4 Å². The third-order valence-electron chi connectivity index (χ3n) is 5.64. The van der Waals surface area contributed by atoms with Crippen molar-refractivity contribution in [1.82, 2.24) is 0 Å². The Bertz CT molecular complexity index is 1260. The fraction of sp³-hybridized carbons (Fsp3) is 0.250. The first-order chi connectivity index (χ1) is 17.0. The molecule has 3 aromatic carbocycles. The maximum atomic E-state index is 12.9. The highest BCUT2D eigenvalue weighted by atomic mass is 16.5. The van der Waals surface area contributed by atoms with E-state index in [4.69, 9.17) is 9.47 Å². The number of azo groups is 1. The minimum atomic E-state index is -0.239. The molecule has 0 aliphatic heterocycles. The van der Waals surface area contributed by atoms with E-state index >= 15 is 0 Å². The summed E-state index contributed by atoms with van der Waals surface area (Å²) in [7, 11) is 0. The fourth-order valence-corrected chi connectivity index (χ4v) is 3.84. The van der Waals surface area contributed by atoms with Crippen molar-refractivity contribution in [2.45, 2.75) is 32.6 Å². The lowest BCUT2D eigenvalue weighted by molar-refractivity contribution is -0.141. The molecule has 0 spiro atoms. The zero-order valence-electron chi connectivity index (χ0n) is 19.5. The molecular formula is C28H26N2O5. The summed E-state index contributed by atoms with van der Waals surface area (Å²) >= 11 is 0. The minimum Gasteiger partial charge on any atom is -0.494 e. The van der Waals surface area contributed by atoms with Crippen molar-refractivity contribution >= 4 is 28.9 Å². The highest BCUT2D eigenvalue weighted by molar-refractivity contribution is 6.28. The molecule has 0 fully saturated rings. The van der Waals surface area contributed by atoms with Gasteiger partial charge in [-0.2, -0.15) is 10.2 Å². The van der Waals surface area contributed by atoms with E-state index in [-0.39, 0.29) is 17.5 Å². The molecule has 0 atom stereocenters. The van der Waals surface area contributed by atoms with Crippen LogP contribution in [0, 0.1) is 0 Å². The molecule has 0 heterocycles. The van der Waals surface area contributed by atoms with E-state index in [1.54, 1.807) is 54.6 Å². The maximum Gasteiger partial charge on any atom is 0.302 e. The van der Waals surface area contributed by atoms with Crippen molar-refractivity contribution in [3.05, 3.63) is 89.0 Å². The number of esters is 1. The Balaban J connectivity index is 1.29. The van der Waals surface area contributed by atoms with Crippen molar-refractivity contribution in [2.75, 3.05) is 13.2 Å². The van der Waals surface area contributed by atoms with Gasteiger partial charge < -0.3 is 9.47 Å². The lowest BCUT2D eigenvalue weighted by Crippen LogP contribution is -2.20. The number of fused-ring (bicyclic) bond motifs is 2. The number of carbonyl (C=O) groups is 3. The molecule has 3 aromatic rings. The molecule has 0 saturated heterocycles. The van der Waals surface area contributed by atoms with Crippen LogP contribution in [0.25, 0.3) is 0 Å². The quantitative estimate of drug-likeness (QED) is 0.152. The summed E-state index contributed by atoms with van der Waals surface area (Å²) in [6.45, 7) is 2.50. The number of carbonyl (C=O) groups excluding carboxylic acids is 3. The molecule has 7 nitrogen and oxygen atoms in total. The number of unbranched alkanes of at least 4 members (excludes halogenated alkanes) is 3. The van der Waals surface area contributed by atoms with Crippen molar-refractivity contribution in [2.24, 2.45) is 10.2 Å². The number of benzene rings is 3. The summed E-state index contributed by atoms with van der Waals surface area (Å²) in [5.74, 6) is 0.173. The fourth-order valence-electron chi connectivity index (χ4n) is 3.84. The third-order valence-corrected chi connectivity index (χ3v) is 5.64. The molecule has 0 unspecified atom stereocenters. The van der Waals surface area contributed by atoms with Crippen LogP contribution < -0.4 is 4.74 Å². The largest absolute Gasteiger partial charge is 0.494 e. The van der Waals surface area contributed by atoms with Crippen LogP contribution in [0.2, 0.25) is 0 Å². The Morgan fingerprint density at radius 1 is 0.686 bits per heavy atom. The predicted molar refractivity (Wildman–Crippen MR) is 131 cm³/mol. The van der Waals surface area contributed by atoms with Gasteiger partial charge in [-0.3, -0.25) is 14.4 Å². The van der Waals surface area contributed by atoms with Gasteiger partial charge in [0, 0.05) is 29.2 Å². The SMILES string of the molecule is CC(=O)OCCCCCCOc1ccc(N=Nc2ccc3c(c2)C(=O)c2ccccc2C3=O)cc1. The van der Waals surface area contributed by atoms with Gasteiger partial charge in [-0.1, -0.05) is 24.3 Å². The van der Waals surface area contributed by atoms with Crippen molar-refractivity contribution in [1.29, 1.82) is 0 Å². The van der Waals surface area contributed by atoms with Crippen LogP contribution in [0.3, 0.4) is 0 Å². The van der Waals surface area contributed by atoms with Gasteiger partial charge in [0.2, 0.25) is 0 Å². The van der Waals surface area contributed by atoms with E-state index in [9.17, 15) is 14.4 Å². The summed E-state index contributed by atoms with van der Waals surface area (Å²) < 4.78 is 10.7. The molecule has 0 radical (unpaired) electrons. The molecule has 0 N–H and O–H groups in total. The molecule has 1 aliphatic carbocycles. The highest BCUT2D eigenvalue weighted by Crippen LogP contribution is 2.30. The molecule has 0 aromatic heterocycles. The molecule has 0 amide bonds. The first kappa shape index (κ1) is 24.0. The summed E-state index contributed by atoms with van der Waals surface area (Å²) in [5, 5.41) is 8.48. The van der Waals surface area contributed by atoms with Gasteiger partial charge in [-0.25, -0.2) is 0 Å². The van der Waals surface area contributed by atoms with Gasteiger partial charge in [-0.05, 0) is 68.1 Å². The highest BCUT2D eigenvalue weighted by Gasteiger charge is 2.29. The average molecular weight is 471 g/mol. The predicted octanol–water partition coefficient (Wildman–Crippen LogP) is 6.38. The topological polar surface area (TPSA) is 94.4 Å². The van der Waals surface area contributed by atoms with Crippen LogP contribution in [0.1, 0.15) is 64.4 Å². The Labute approximate surface area is 203 Å². The standard InChI is InChI=1S/C28H26N2O5/c1-19(31)34-16-6-2-3-7-17-35-22-13-10-20(11-14-22)29-30-21-12-15-25-26(18-21)28(33)24-9-5-4-8-23(24)27(25)32/h4-5,8-15,18H,2-3,6-7,16-17H2,1H3. The summed E-state index contributed by atoms with van der Waals surface area (Å²) in [4.78, 5) is 36.3. The molecule has 4 rings (SSSR count). The first-order valence-corrected chi connectivity index (χ1v) is 11.6. The Hall–Kier alpha value is -4.13. The smallest absolute Gasteiger partial charge is 0.302 e. The Kier molecular flexibility index (Phi) is 7.77. The first-order valence-electron chi connectivity index (χ1n) is 11.6. The minimum absolute atomic E-state index is 0.156. The zero-order valence-corrected chi connectivity index (χ0v) is 19.5. The van der Waals surface area contributed by atoms with E-state index in [1.165, 1.54) is 6.92 Å². The molecule has 178 valence electrons. The number of hydrogen-bond donors (Lipinski definition) is 0. The monoisotopic (exact) mass is 470 g/mol. The second-order valence-electron chi connectivity index (χ2n) is 8.23. The maximum absolute atomic E-state index is 12.9. The van der Waals surface area contributed by atoms with Crippen molar-refractivity contribution in [3.8, 4) is 5.75 Å². The molecule has 7 heteroatoms. The van der Waals surface area contributed by atoms with Gasteiger partial charge >= 0.3 is 5.97 Å². The summed E-state index contributed by atoms with van der Waals surface area (Å²) in [6.07, 6.45) is 3.78. The van der Waals surface area contributed by atoms with Gasteiger partial charge in [0.05, 0.1) is 24.6 Å². The summed E-state index contributed by atoms with van der Waals surface area (Å²) in [5.41, 5.74) is 2.73. The van der Waals surface area contributed by atoms with Gasteiger partial charge in [0.1, 0.15) is 5.75 Å². The van der Waals surface area contributed by atoms with E-state index in [1.807, 2.05) is 12.1 Å². The van der Waals surface area contributed by atoms with Crippen LogP contribution in [-0.4, -0.2) is 30.7 Å². The molecule has 1 aliphatic rings. The lowest BCUT2D eigenvalue weighted by Gasteiger charge is -2.17. The van der Waals surface area contributed by atoms with Crippen molar-refractivity contribution < 1.29 is 23.9 Å². The van der Waals surface area contributed by atoms with E-state index in [0.29, 0.717) is 46.8 Å². The second-order valence-corrected chi connectivity index (χ2v) is 8.23. The normalized spacial score (nSPS) is 12.4. The van der Waals surface area contributed by atoms with Crippen molar-refractivity contribution in [3.63, 3.8) is 0 Å². The Morgan fingerprint density at radius 3 is 1.94 bits per heavy atom. The second kappa shape index (κ2) is 11.3. The van der Waals surface area contributed by atoms with E-state index < -0.39 is 0 Å². The molecular weight excluding hydrogens is 444 g/mol. The van der Waals surface area contributed by atoms with Gasteiger partial charge in [0.15, 0.2) is 11.6 Å². The number of rotatable bonds is 10. The molecule has 0 saturated carbocycles. The average Bonchev–Trinajstić information content (AvgIpc) is 2.88. The van der Waals surface area contributed by atoms with Crippen LogP contribution >= 0.6 is 0 Å². The number of ether oxygens (including phenoxy) is 2.